The van der Waals surface area contributed by atoms with E-state index in [4.69, 9.17) is 5.73 Å². The van der Waals surface area contributed by atoms with Crippen molar-refractivity contribution in [3.05, 3.63) is 35.4 Å². The molecule has 1 aromatic carbocycles. The molecule has 0 atom stereocenters. The summed E-state index contributed by atoms with van der Waals surface area (Å²) in [7, 11) is 1.97. The van der Waals surface area contributed by atoms with Crippen molar-refractivity contribution >= 4 is 5.96 Å². The average Bonchev–Trinajstić information content (AvgIpc) is 2.14. The van der Waals surface area contributed by atoms with Crippen LogP contribution < -0.4 is 5.73 Å². The van der Waals surface area contributed by atoms with E-state index in [1.165, 1.54) is 11.1 Å². The number of guanidine groups is 1. The molecule has 0 saturated heterocycles. The maximum atomic E-state index is 5.97. The normalized spacial score (nSPS) is 12.6. The maximum absolute atomic E-state index is 5.97. The Balaban J connectivity index is 2.73. The fourth-order valence-corrected chi connectivity index (χ4v) is 1.59. The lowest BCUT2D eigenvalue weighted by Gasteiger charge is -2.22. The van der Waals surface area contributed by atoms with E-state index in [1.807, 2.05) is 32.7 Å². The standard InChI is InChI=1S/C14H23N3/c1-11-7-6-8-12(9-11)10-17(5)13(15)16-14(2,3)4/h6-9H,10H2,1-5H3,(H2,15,16). The van der Waals surface area contributed by atoms with Crippen LogP contribution in [0, 0.1) is 6.92 Å². The topological polar surface area (TPSA) is 41.6 Å². The number of aryl methyl sites for hydroxylation is 1. The molecule has 0 aliphatic carbocycles. The third-order valence-electron chi connectivity index (χ3n) is 2.34. The quantitative estimate of drug-likeness (QED) is 0.630. The molecule has 0 saturated carbocycles. The molecule has 0 aliphatic heterocycles. The first-order valence-electron chi connectivity index (χ1n) is 5.90. The van der Waals surface area contributed by atoms with Crippen molar-refractivity contribution in [1.29, 1.82) is 0 Å². The number of benzene rings is 1. The third kappa shape index (κ3) is 4.89. The first-order valence-corrected chi connectivity index (χ1v) is 5.90. The van der Waals surface area contributed by atoms with Crippen LogP contribution in [0.15, 0.2) is 29.3 Å². The number of aliphatic imine (C=N–C) groups is 1. The molecular formula is C14H23N3. The Labute approximate surface area is 104 Å². The Bertz CT molecular complexity index is 402. The van der Waals surface area contributed by atoms with E-state index in [2.05, 4.69) is 36.2 Å². The fraction of sp³-hybridized carbons (Fsp3) is 0.500. The second-order valence-corrected chi connectivity index (χ2v) is 5.49. The second-order valence-electron chi connectivity index (χ2n) is 5.49. The van der Waals surface area contributed by atoms with Gasteiger partial charge in [-0.3, -0.25) is 0 Å². The van der Waals surface area contributed by atoms with E-state index >= 15 is 0 Å². The Morgan fingerprint density at radius 3 is 2.53 bits per heavy atom. The molecule has 0 aromatic heterocycles. The molecule has 0 aliphatic rings. The highest BCUT2D eigenvalue weighted by molar-refractivity contribution is 5.78. The van der Waals surface area contributed by atoms with Crippen molar-refractivity contribution < 1.29 is 0 Å². The van der Waals surface area contributed by atoms with Gasteiger partial charge in [0.05, 0.1) is 5.54 Å². The lowest BCUT2D eigenvalue weighted by molar-refractivity contribution is 0.474. The molecule has 3 nitrogen and oxygen atoms in total. The lowest BCUT2D eigenvalue weighted by atomic mass is 10.1. The predicted octanol–water partition coefficient (Wildman–Crippen LogP) is 2.54. The molecule has 0 fully saturated rings. The zero-order chi connectivity index (χ0) is 13.1. The molecule has 0 radical (unpaired) electrons. The highest BCUT2D eigenvalue weighted by Gasteiger charge is 2.10. The van der Waals surface area contributed by atoms with Gasteiger partial charge in [0.1, 0.15) is 0 Å². The zero-order valence-electron chi connectivity index (χ0n) is 11.5. The van der Waals surface area contributed by atoms with Gasteiger partial charge in [0.2, 0.25) is 0 Å². The van der Waals surface area contributed by atoms with E-state index in [9.17, 15) is 0 Å². The van der Waals surface area contributed by atoms with Gasteiger partial charge in [0, 0.05) is 13.6 Å². The van der Waals surface area contributed by atoms with Crippen LogP contribution in [-0.2, 0) is 6.54 Å². The number of hydrogen-bond acceptors (Lipinski definition) is 1. The van der Waals surface area contributed by atoms with Gasteiger partial charge in [-0.1, -0.05) is 29.8 Å². The molecule has 94 valence electrons. The summed E-state index contributed by atoms with van der Waals surface area (Å²) in [6.45, 7) is 9.00. The highest BCUT2D eigenvalue weighted by Crippen LogP contribution is 2.09. The summed E-state index contributed by atoms with van der Waals surface area (Å²) in [5.74, 6) is 0.582. The largest absolute Gasteiger partial charge is 0.370 e. The van der Waals surface area contributed by atoms with Crippen molar-refractivity contribution in [1.82, 2.24) is 4.90 Å². The van der Waals surface area contributed by atoms with Crippen molar-refractivity contribution in [2.24, 2.45) is 10.7 Å². The van der Waals surface area contributed by atoms with Crippen LogP contribution in [0.3, 0.4) is 0 Å². The predicted molar refractivity (Wildman–Crippen MR) is 74.0 cm³/mol. The van der Waals surface area contributed by atoms with Crippen LogP contribution in [0.4, 0.5) is 0 Å². The monoisotopic (exact) mass is 233 g/mol. The fourth-order valence-electron chi connectivity index (χ4n) is 1.59. The first-order chi connectivity index (χ1) is 7.78. The third-order valence-corrected chi connectivity index (χ3v) is 2.34. The number of nitrogens with two attached hydrogens (primary N) is 1. The van der Waals surface area contributed by atoms with Crippen molar-refractivity contribution in [2.45, 2.75) is 39.8 Å². The summed E-state index contributed by atoms with van der Waals surface area (Å²) in [6.07, 6.45) is 0. The van der Waals surface area contributed by atoms with E-state index in [-0.39, 0.29) is 5.54 Å². The minimum atomic E-state index is -0.134. The summed E-state index contributed by atoms with van der Waals surface area (Å²) in [4.78, 5) is 6.42. The van der Waals surface area contributed by atoms with Gasteiger partial charge in [0.25, 0.3) is 0 Å². The minimum absolute atomic E-state index is 0.134. The van der Waals surface area contributed by atoms with Crippen LogP contribution in [0.5, 0.6) is 0 Å². The number of nitrogens with zero attached hydrogens (tertiary/aromatic N) is 2. The van der Waals surface area contributed by atoms with Gasteiger partial charge in [-0.25, -0.2) is 4.99 Å². The average molecular weight is 233 g/mol. The summed E-state index contributed by atoms with van der Waals surface area (Å²) in [5.41, 5.74) is 8.35. The second kappa shape index (κ2) is 5.21. The Morgan fingerprint density at radius 1 is 1.35 bits per heavy atom. The van der Waals surface area contributed by atoms with Gasteiger partial charge in [-0.05, 0) is 33.3 Å². The summed E-state index contributed by atoms with van der Waals surface area (Å²) in [6, 6.07) is 8.43. The van der Waals surface area contributed by atoms with E-state index in [0.717, 1.165) is 6.54 Å². The van der Waals surface area contributed by atoms with E-state index < -0.39 is 0 Å². The Morgan fingerprint density at radius 2 is 2.00 bits per heavy atom. The molecule has 0 unspecified atom stereocenters. The lowest BCUT2D eigenvalue weighted by Crippen LogP contribution is -2.35. The van der Waals surface area contributed by atoms with E-state index in [1.54, 1.807) is 0 Å². The highest BCUT2D eigenvalue weighted by atomic mass is 15.2. The SMILES string of the molecule is Cc1cccc(CN(C)C(N)=NC(C)(C)C)c1. The van der Waals surface area contributed by atoms with Crippen LogP contribution in [-0.4, -0.2) is 23.4 Å². The molecule has 1 rings (SSSR count). The summed E-state index contributed by atoms with van der Waals surface area (Å²) < 4.78 is 0. The van der Waals surface area contributed by atoms with Gasteiger partial charge in [-0.2, -0.15) is 0 Å². The van der Waals surface area contributed by atoms with Gasteiger partial charge in [-0.15, -0.1) is 0 Å². The molecule has 17 heavy (non-hydrogen) atoms. The molecule has 2 N–H and O–H groups in total. The first kappa shape index (κ1) is 13.6. The summed E-state index contributed by atoms with van der Waals surface area (Å²) >= 11 is 0. The van der Waals surface area contributed by atoms with E-state index in [0.29, 0.717) is 5.96 Å². The Hall–Kier alpha value is -1.51. The van der Waals surface area contributed by atoms with Crippen molar-refractivity contribution in [3.8, 4) is 0 Å². The maximum Gasteiger partial charge on any atom is 0.191 e. The Kier molecular flexibility index (Phi) is 4.16. The molecule has 0 bridgehead atoms. The van der Waals surface area contributed by atoms with Crippen molar-refractivity contribution in [3.63, 3.8) is 0 Å². The molecule has 0 amide bonds. The van der Waals surface area contributed by atoms with Crippen LogP contribution in [0.25, 0.3) is 0 Å². The molecule has 0 spiro atoms. The van der Waals surface area contributed by atoms with Crippen LogP contribution in [0.2, 0.25) is 0 Å². The number of hydrogen-bond donors (Lipinski definition) is 1. The molecule has 3 heteroatoms. The summed E-state index contributed by atoms with van der Waals surface area (Å²) in [5, 5.41) is 0. The zero-order valence-corrected chi connectivity index (χ0v) is 11.5. The minimum Gasteiger partial charge on any atom is -0.370 e. The molecule has 1 aromatic rings. The van der Waals surface area contributed by atoms with Crippen LogP contribution in [0.1, 0.15) is 31.9 Å². The smallest absolute Gasteiger partial charge is 0.191 e. The van der Waals surface area contributed by atoms with Crippen LogP contribution >= 0.6 is 0 Å². The van der Waals surface area contributed by atoms with Crippen molar-refractivity contribution in [2.75, 3.05) is 7.05 Å². The van der Waals surface area contributed by atoms with Gasteiger partial charge < -0.3 is 10.6 Å². The molecule has 0 heterocycles. The molecular weight excluding hydrogens is 210 g/mol. The number of rotatable bonds is 2. The van der Waals surface area contributed by atoms with Gasteiger partial charge >= 0.3 is 0 Å². The van der Waals surface area contributed by atoms with Gasteiger partial charge in [0.15, 0.2) is 5.96 Å².